The summed E-state index contributed by atoms with van der Waals surface area (Å²) in [6.45, 7) is 6.89. The number of benzene rings is 2. The van der Waals surface area contributed by atoms with E-state index < -0.39 is 0 Å². The van der Waals surface area contributed by atoms with Gasteiger partial charge in [-0.2, -0.15) is 0 Å². The summed E-state index contributed by atoms with van der Waals surface area (Å²) in [5.74, 6) is 1.30. The molecule has 0 spiro atoms. The SMILES string of the molecule is Cc1cc(C)cc(OCCNC(=O)COc2ccc(C)cc2Br)c1. The molecule has 24 heavy (non-hydrogen) atoms. The number of hydrogen-bond donors (Lipinski definition) is 1. The lowest BCUT2D eigenvalue weighted by molar-refractivity contribution is -0.123. The van der Waals surface area contributed by atoms with E-state index in [9.17, 15) is 4.79 Å². The second-order valence-corrected chi connectivity index (χ2v) is 6.60. The van der Waals surface area contributed by atoms with Crippen molar-refractivity contribution in [1.29, 1.82) is 0 Å². The van der Waals surface area contributed by atoms with E-state index in [1.54, 1.807) is 0 Å². The van der Waals surface area contributed by atoms with Gasteiger partial charge >= 0.3 is 0 Å². The lowest BCUT2D eigenvalue weighted by Gasteiger charge is -2.11. The maximum Gasteiger partial charge on any atom is 0.258 e. The molecular weight excluding hydrogens is 370 g/mol. The van der Waals surface area contributed by atoms with E-state index in [2.05, 4.69) is 27.3 Å². The smallest absolute Gasteiger partial charge is 0.258 e. The molecule has 0 unspecified atom stereocenters. The van der Waals surface area contributed by atoms with Gasteiger partial charge in [0.25, 0.3) is 5.91 Å². The van der Waals surface area contributed by atoms with Crippen molar-refractivity contribution in [3.8, 4) is 11.5 Å². The van der Waals surface area contributed by atoms with Crippen molar-refractivity contribution in [2.75, 3.05) is 19.8 Å². The predicted molar refractivity (Wildman–Crippen MR) is 98.8 cm³/mol. The van der Waals surface area contributed by atoms with Gasteiger partial charge in [-0.1, -0.05) is 12.1 Å². The van der Waals surface area contributed by atoms with Gasteiger partial charge in [0.1, 0.15) is 18.1 Å². The number of carbonyl (C=O) groups excluding carboxylic acids is 1. The van der Waals surface area contributed by atoms with Crippen molar-refractivity contribution in [1.82, 2.24) is 5.32 Å². The minimum Gasteiger partial charge on any atom is -0.492 e. The summed E-state index contributed by atoms with van der Waals surface area (Å²) in [6.07, 6.45) is 0. The Labute approximate surface area is 151 Å². The molecule has 5 heteroatoms. The molecule has 0 saturated heterocycles. The number of aryl methyl sites for hydroxylation is 3. The van der Waals surface area contributed by atoms with E-state index in [4.69, 9.17) is 9.47 Å². The van der Waals surface area contributed by atoms with Gasteiger partial charge < -0.3 is 14.8 Å². The zero-order valence-electron chi connectivity index (χ0n) is 14.2. The summed E-state index contributed by atoms with van der Waals surface area (Å²) in [7, 11) is 0. The van der Waals surface area contributed by atoms with Crippen LogP contribution in [0.25, 0.3) is 0 Å². The van der Waals surface area contributed by atoms with Gasteiger partial charge in [-0.05, 0) is 77.7 Å². The number of hydrogen-bond acceptors (Lipinski definition) is 3. The van der Waals surface area contributed by atoms with Gasteiger partial charge in [0.2, 0.25) is 0 Å². The quantitative estimate of drug-likeness (QED) is 0.726. The highest BCUT2D eigenvalue weighted by Gasteiger charge is 2.05. The third kappa shape index (κ3) is 5.89. The number of amides is 1. The zero-order chi connectivity index (χ0) is 17.5. The van der Waals surface area contributed by atoms with Crippen molar-refractivity contribution in [2.45, 2.75) is 20.8 Å². The van der Waals surface area contributed by atoms with E-state index >= 15 is 0 Å². The number of rotatable bonds is 7. The average molecular weight is 392 g/mol. The van der Waals surface area contributed by atoms with Crippen LogP contribution in [0.5, 0.6) is 11.5 Å². The fourth-order valence-electron chi connectivity index (χ4n) is 2.29. The monoisotopic (exact) mass is 391 g/mol. The molecular formula is C19H22BrNO3. The fourth-order valence-corrected chi connectivity index (χ4v) is 2.90. The number of nitrogens with one attached hydrogen (secondary N) is 1. The lowest BCUT2D eigenvalue weighted by Crippen LogP contribution is -2.32. The Kier molecular flexibility index (Phi) is 6.67. The molecule has 0 aliphatic rings. The molecule has 0 atom stereocenters. The highest BCUT2D eigenvalue weighted by molar-refractivity contribution is 9.10. The lowest BCUT2D eigenvalue weighted by atomic mass is 10.1. The highest BCUT2D eigenvalue weighted by atomic mass is 79.9. The summed E-state index contributed by atoms with van der Waals surface area (Å²) in [5.41, 5.74) is 3.44. The summed E-state index contributed by atoms with van der Waals surface area (Å²) < 4.78 is 12.0. The molecule has 2 aromatic carbocycles. The molecule has 1 N–H and O–H groups in total. The van der Waals surface area contributed by atoms with Crippen molar-refractivity contribution in [3.63, 3.8) is 0 Å². The molecule has 128 valence electrons. The maximum atomic E-state index is 11.8. The molecule has 2 aromatic rings. The van der Waals surface area contributed by atoms with E-state index in [1.165, 1.54) is 0 Å². The molecule has 0 saturated carbocycles. The molecule has 0 aliphatic carbocycles. The van der Waals surface area contributed by atoms with Crippen LogP contribution >= 0.6 is 15.9 Å². The van der Waals surface area contributed by atoms with Crippen LogP contribution in [0.3, 0.4) is 0 Å². The Bertz CT molecular complexity index is 696. The third-order valence-electron chi connectivity index (χ3n) is 3.33. The van der Waals surface area contributed by atoms with Gasteiger partial charge in [-0.25, -0.2) is 0 Å². The first-order valence-corrected chi connectivity index (χ1v) is 8.60. The van der Waals surface area contributed by atoms with E-state index in [1.807, 2.05) is 51.1 Å². The highest BCUT2D eigenvalue weighted by Crippen LogP contribution is 2.25. The average Bonchev–Trinajstić information content (AvgIpc) is 2.50. The first kappa shape index (κ1) is 18.3. The van der Waals surface area contributed by atoms with Crippen molar-refractivity contribution < 1.29 is 14.3 Å². The van der Waals surface area contributed by atoms with Gasteiger partial charge in [-0.3, -0.25) is 4.79 Å². The molecule has 1 amide bonds. The first-order valence-electron chi connectivity index (χ1n) is 7.81. The molecule has 4 nitrogen and oxygen atoms in total. The molecule has 0 heterocycles. The standard InChI is InChI=1S/C19H22BrNO3/c1-13-4-5-18(17(20)11-13)24-12-19(22)21-6-7-23-16-9-14(2)8-15(3)10-16/h4-5,8-11H,6-7,12H2,1-3H3,(H,21,22). The minimum atomic E-state index is -0.175. The van der Waals surface area contributed by atoms with Crippen LogP contribution in [0.2, 0.25) is 0 Å². The zero-order valence-corrected chi connectivity index (χ0v) is 15.8. The van der Waals surface area contributed by atoms with Crippen LogP contribution in [0.1, 0.15) is 16.7 Å². The second-order valence-electron chi connectivity index (χ2n) is 5.74. The number of ether oxygens (including phenoxy) is 2. The molecule has 0 aromatic heterocycles. The normalized spacial score (nSPS) is 10.3. The van der Waals surface area contributed by atoms with Gasteiger partial charge in [-0.15, -0.1) is 0 Å². The van der Waals surface area contributed by atoms with E-state index in [0.29, 0.717) is 18.9 Å². The summed E-state index contributed by atoms with van der Waals surface area (Å²) in [5, 5.41) is 2.78. The summed E-state index contributed by atoms with van der Waals surface area (Å²) >= 11 is 3.42. The van der Waals surface area contributed by atoms with Gasteiger partial charge in [0.05, 0.1) is 11.0 Å². The van der Waals surface area contributed by atoms with Crippen LogP contribution in [0.4, 0.5) is 0 Å². The van der Waals surface area contributed by atoms with E-state index in [-0.39, 0.29) is 12.5 Å². The summed E-state index contributed by atoms with van der Waals surface area (Å²) in [4.78, 5) is 11.8. The van der Waals surface area contributed by atoms with Crippen LogP contribution < -0.4 is 14.8 Å². The molecule has 0 fully saturated rings. The third-order valence-corrected chi connectivity index (χ3v) is 3.95. The molecule has 0 bridgehead atoms. The predicted octanol–water partition coefficient (Wildman–Crippen LogP) is 3.95. The van der Waals surface area contributed by atoms with Gasteiger partial charge in [0, 0.05) is 0 Å². The van der Waals surface area contributed by atoms with E-state index in [0.717, 1.165) is 26.9 Å². The fraction of sp³-hybridized carbons (Fsp3) is 0.316. The van der Waals surface area contributed by atoms with Crippen molar-refractivity contribution in [2.24, 2.45) is 0 Å². The largest absolute Gasteiger partial charge is 0.492 e. The van der Waals surface area contributed by atoms with Gasteiger partial charge in [0.15, 0.2) is 6.61 Å². The van der Waals surface area contributed by atoms with Crippen LogP contribution in [0.15, 0.2) is 40.9 Å². The van der Waals surface area contributed by atoms with Crippen molar-refractivity contribution >= 4 is 21.8 Å². The maximum absolute atomic E-state index is 11.8. The van der Waals surface area contributed by atoms with Crippen LogP contribution in [-0.2, 0) is 4.79 Å². The van der Waals surface area contributed by atoms with Crippen molar-refractivity contribution in [3.05, 3.63) is 57.6 Å². The van der Waals surface area contributed by atoms with Crippen LogP contribution in [0, 0.1) is 20.8 Å². The topological polar surface area (TPSA) is 47.6 Å². The number of halogens is 1. The minimum absolute atomic E-state index is 0.0226. The Balaban J connectivity index is 1.69. The molecule has 0 aliphatic heterocycles. The number of carbonyl (C=O) groups is 1. The Morgan fingerprint density at radius 1 is 1.00 bits per heavy atom. The summed E-state index contributed by atoms with van der Waals surface area (Å²) in [6, 6.07) is 11.8. The van der Waals surface area contributed by atoms with Crippen LogP contribution in [-0.4, -0.2) is 25.7 Å². The molecule has 2 rings (SSSR count). The second kappa shape index (κ2) is 8.73. The Hall–Kier alpha value is -2.01. The molecule has 0 radical (unpaired) electrons. The Morgan fingerprint density at radius 3 is 2.38 bits per heavy atom. The first-order chi connectivity index (χ1) is 11.4. The Morgan fingerprint density at radius 2 is 1.71 bits per heavy atom.